The normalized spacial score (nSPS) is 11.3. The first-order valence-electron chi connectivity index (χ1n) is 7.96. The summed E-state index contributed by atoms with van der Waals surface area (Å²) in [6.07, 6.45) is 3.93. The van der Waals surface area contributed by atoms with Crippen LogP contribution in [0.15, 0.2) is 48.5 Å². The molecule has 4 aromatic rings. The molecular formula is C19H16N4O2S. The molecule has 2 heterocycles. The van der Waals surface area contributed by atoms with Gasteiger partial charge in [0, 0.05) is 11.1 Å². The molecule has 0 aliphatic heterocycles. The van der Waals surface area contributed by atoms with Crippen LogP contribution in [0.3, 0.4) is 0 Å². The van der Waals surface area contributed by atoms with E-state index in [0.29, 0.717) is 5.82 Å². The number of methoxy groups -OCH3 is 2. The zero-order valence-electron chi connectivity index (χ0n) is 14.3. The minimum absolute atomic E-state index is 0.687. The molecule has 0 fully saturated rings. The standard InChI is InChI=1S/C19H16N4O2S/c1-24-15-8-5-7-14(12-15)18-20-21-19-23(18)22-17(26-19)11-10-13-6-3-4-9-16(13)25-2/h3-12H,1-2H3. The molecule has 0 radical (unpaired) electrons. The van der Waals surface area contributed by atoms with Gasteiger partial charge >= 0.3 is 0 Å². The first-order valence-corrected chi connectivity index (χ1v) is 8.78. The fourth-order valence-electron chi connectivity index (χ4n) is 2.61. The molecule has 2 aromatic heterocycles. The highest BCUT2D eigenvalue weighted by atomic mass is 32.1. The van der Waals surface area contributed by atoms with Crippen LogP contribution in [0.1, 0.15) is 10.6 Å². The zero-order chi connectivity index (χ0) is 17.9. The number of hydrogen-bond acceptors (Lipinski definition) is 6. The van der Waals surface area contributed by atoms with Gasteiger partial charge in [-0.25, -0.2) is 0 Å². The van der Waals surface area contributed by atoms with Crippen LogP contribution in [0.5, 0.6) is 11.5 Å². The summed E-state index contributed by atoms with van der Waals surface area (Å²) in [5, 5.41) is 13.9. The van der Waals surface area contributed by atoms with Gasteiger partial charge < -0.3 is 9.47 Å². The van der Waals surface area contributed by atoms with Crippen molar-refractivity contribution in [3.05, 3.63) is 59.1 Å². The van der Waals surface area contributed by atoms with Crippen molar-refractivity contribution in [2.45, 2.75) is 0 Å². The smallest absolute Gasteiger partial charge is 0.235 e. The van der Waals surface area contributed by atoms with Crippen molar-refractivity contribution in [1.29, 1.82) is 0 Å². The van der Waals surface area contributed by atoms with E-state index in [2.05, 4.69) is 15.3 Å². The van der Waals surface area contributed by atoms with E-state index in [1.165, 1.54) is 11.3 Å². The van der Waals surface area contributed by atoms with Crippen LogP contribution in [-0.4, -0.2) is 34.0 Å². The summed E-state index contributed by atoms with van der Waals surface area (Å²) in [6, 6.07) is 15.5. The summed E-state index contributed by atoms with van der Waals surface area (Å²) in [5.41, 5.74) is 1.90. The predicted octanol–water partition coefficient (Wildman–Crippen LogP) is 4.04. The number of hydrogen-bond donors (Lipinski definition) is 0. The van der Waals surface area contributed by atoms with E-state index in [9.17, 15) is 0 Å². The number of fused-ring (bicyclic) bond motifs is 1. The quantitative estimate of drug-likeness (QED) is 0.535. The Morgan fingerprint density at radius 2 is 1.85 bits per heavy atom. The molecule has 26 heavy (non-hydrogen) atoms. The van der Waals surface area contributed by atoms with Crippen molar-refractivity contribution in [2.75, 3.05) is 14.2 Å². The third-order valence-corrected chi connectivity index (χ3v) is 4.74. The SMILES string of the molecule is COc1cccc(-c2nnc3sc(C=Cc4ccccc4OC)nn23)c1. The molecule has 0 N–H and O–H groups in total. The van der Waals surface area contributed by atoms with Crippen molar-refractivity contribution in [2.24, 2.45) is 0 Å². The highest BCUT2D eigenvalue weighted by molar-refractivity contribution is 7.17. The predicted molar refractivity (Wildman–Crippen MR) is 103 cm³/mol. The molecule has 4 rings (SSSR count). The van der Waals surface area contributed by atoms with Gasteiger partial charge in [-0.2, -0.15) is 9.61 Å². The van der Waals surface area contributed by atoms with Gasteiger partial charge in [0.2, 0.25) is 4.96 Å². The van der Waals surface area contributed by atoms with E-state index >= 15 is 0 Å². The van der Waals surface area contributed by atoms with Gasteiger partial charge in [0.25, 0.3) is 0 Å². The number of aromatic nitrogens is 4. The molecule has 7 heteroatoms. The molecule has 0 aliphatic carbocycles. The van der Waals surface area contributed by atoms with Crippen LogP contribution >= 0.6 is 11.3 Å². The Bertz CT molecular complexity index is 1080. The topological polar surface area (TPSA) is 61.5 Å². The van der Waals surface area contributed by atoms with Crippen molar-refractivity contribution < 1.29 is 9.47 Å². The van der Waals surface area contributed by atoms with E-state index < -0.39 is 0 Å². The summed E-state index contributed by atoms with van der Waals surface area (Å²) < 4.78 is 12.4. The van der Waals surface area contributed by atoms with Crippen molar-refractivity contribution in [3.63, 3.8) is 0 Å². The molecule has 6 nitrogen and oxygen atoms in total. The average Bonchev–Trinajstić information content (AvgIpc) is 3.27. The monoisotopic (exact) mass is 364 g/mol. The van der Waals surface area contributed by atoms with E-state index in [-0.39, 0.29) is 0 Å². The Labute approximate surface area is 154 Å². The van der Waals surface area contributed by atoms with E-state index in [0.717, 1.165) is 32.6 Å². The van der Waals surface area contributed by atoms with Crippen LogP contribution in [0.2, 0.25) is 0 Å². The Morgan fingerprint density at radius 1 is 0.962 bits per heavy atom. The molecular weight excluding hydrogens is 348 g/mol. The number of benzene rings is 2. The minimum Gasteiger partial charge on any atom is -0.497 e. The van der Waals surface area contributed by atoms with Crippen LogP contribution in [0.25, 0.3) is 28.5 Å². The lowest BCUT2D eigenvalue weighted by molar-refractivity contribution is 0.414. The van der Waals surface area contributed by atoms with E-state index in [4.69, 9.17) is 9.47 Å². The maximum absolute atomic E-state index is 5.37. The number of rotatable bonds is 5. The molecule has 0 saturated carbocycles. The Balaban J connectivity index is 1.68. The fraction of sp³-hybridized carbons (Fsp3) is 0.105. The first kappa shape index (κ1) is 16.3. The van der Waals surface area contributed by atoms with Crippen LogP contribution in [-0.2, 0) is 0 Å². The number of para-hydroxylation sites is 1. The lowest BCUT2D eigenvalue weighted by Gasteiger charge is -2.02. The van der Waals surface area contributed by atoms with Crippen molar-refractivity contribution >= 4 is 28.4 Å². The molecule has 2 aromatic carbocycles. The number of nitrogens with zero attached hydrogens (tertiary/aromatic N) is 4. The van der Waals surface area contributed by atoms with E-state index in [1.54, 1.807) is 18.7 Å². The van der Waals surface area contributed by atoms with Crippen LogP contribution < -0.4 is 9.47 Å². The molecule has 0 unspecified atom stereocenters. The molecule has 130 valence electrons. The Hall–Kier alpha value is -3.19. The summed E-state index contributed by atoms with van der Waals surface area (Å²) in [6.45, 7) is 0. The number of ether oxygens (including phenoxy) is 2. The highest BCUT2D eigenvalue weighted by Crippen LogP contribution is 2.26. The molecule has 0 atom stereocenters. The lowest BCUT2D eigenvalue weighted by atomic mass is 10.2. The third-order valence-electron chi connectivity index (χ3n) is 3.88. The summed E-state index contributed by atoms with van der Waals surface area (Å²) >= 11 is 1.47. The van der Waals surface area contributed by atoms with Crippen molar-refractivity contribution in [3.8, 4) is 22.9 Å². The van der Waals surface area contributed by atoms with Gasteiger partial charge in [-0.05, 0) is 30.4 Å². The van der Waals surface area contributed by atoms with Gasteiger partial charge in [0.15, 0.2) is 5.82 Å². The molecule has 0 amide bonds. The second kappa shape index (κ2) is 6.97. The fourth-order valence-corrected chi connectivity index (χ4v) is 3.35. The summed E-state index contributed by atoms with van der Waals surface area (Å²) in [4.78, 5) is 0.738. The van der Waals surface area contributed by atoms with Crippen molar-refractivity contribution in [1.82, 2.24) is 19.8 Å². The first-order chi connectivity index (χ1) is 12.8. The second-order valence-corrected chi connectivity index (χ2v) is 6.45. The van der Waals surface area contributed by atoms with Gasteiger partial charge in [-0.15, -0.1) is 10.2 Å². The zero-order valence-corrected chi connectivity index (χ0v) is 15.1. The summed E-state index contributed by atoms with van der Waals surface area (Å²) in [7, 11) is 3.30. The van der Waals surface area contributed by atoms with Gasteiger partial charge in [0.1, 0.15) is 16.5 Å². The molecule has 0 saturated heterocycles. The highest BCUT2D eigenvalue weighted by Gasteiger charge is 2.13. The lowest BCUT2D eigenvalue weighted by Crippen LogP contribution is -1.91. The largest absolute Gasteiger partial charge is 0.497 e. The third kappa shape index (κ3) is 3.04. The maximum Gasteiger partial charge on any atom is 0.235 e. The molecule has 0 spiro atoms. The Morgan fingerprint density at radius 3 is 2.69 bits per heavy atom. The van der Waals surface area contributed by atoms with Crippen LogP contribution in [0.4, 0.5) is 0 Å². The molecule has 0 aliphatic rings. The second-order valence-electron chi connectivity index (χ2n) is 5.47. The van der Waals surface area contributed by atoms with Gasteiger partial charge in [0.05, 0.1) is 14.2 Å². The summed E-state index contributed by atoms with van der Waals surface area (Å²) in [5.74, 6) is 2.28. The Kier molecular flexibility index (Phi) is 4.37. The molecule has 0 bridgehead atoms. The maximum atomic E-state index is 5.37. The average molecular weight is 364 g/mol. The van der Waals surface area contributed by atoms with Gasteiger partial charge in [-0.3, -0.25) is 0 Å². The van der Waals surface area contributed by atoms with Crippen LogP contribution in [0, 0.1) is 0 Å². The minimum atomic E-state index is 0.687. The van der Waals surface area contributed by atoms with E-state index in [1.807, 2.05) is 60.7 Å². The van der Waals surface area contributed by atoms with Gasteiger partial charge in [-0.1, -0.05) is 41.7 Å².